The molecule has 0 spiro atoms. The fourth-order valence-corrected chi connectivity index (χ4v) is 1.17. The van der Waals surface area contributed by atoms with E-state index in [1.807, 2.05) is 0 Å². The molecule has 2 N–H and O–H groups in total. The minimum atomic E-state index is -0.493. The molecular weight excluding hydrogens is 236 g/mol. The van der Waals surface area contributed by atoms with E-state index in [0.717, 1.165) is 4.47 Å². The molecule has 0 aliphatic carbocycles. The number of nitrogens with zero attached hydrogens (tertiary/aromatic N) is 1. The van der Waals surface area contributed by atoms with E-state index in [1.165, 1.54) is 6.20 Å². The highest BCUT2D eigenvalue weighted by atomic mass is 79.9. The molecule has 0 aromatic carbocycles. The predicted octanol–water partition coefficient (Wildman–Crippen LogP) is 1.60. The minimum absolute atomic E-state index is 0.157. The Hall–Kier alpha value is -1.10. The lowest BCUT2D eigenvalue weighted by atomic mass is 10.3. The summed E-state index contributed by atoms with van der Waals surface area (Å²) in [7, 11) is 0. The van der Waals surface area contributed by atoms with E-state index in [2.05, 4.69) is 20.9 Å². The molecule has 0 atom stereocenters. The molecule has 0 bridgehead atoms. The van der Waals surface area contributed by atoms with Crippen LogP contribution >= 0.6 is 15.9 Å². The number of pyridine rings is 1. The standard InChI is InChI=1S/C8H9BrN2O2/c1-2-13-8(12)7-6(10)3-5(9)4-11-7/h3-4H,2,10H2,1H3. The molecule has 1 aromatic rings. The Morgan fingerprint density at radius 3 is 3.00 bits per heavy atom. The van der Waals surface area contributed by atoms with Crippen LogP contribution in [0.5, 0.6) is 0 Å². The largest absolute Gasteiger partial charge is 0.461 e. The Balaban J connectivity index is 2.95. The summed E-state index contributed by atoms with van der Waals surface area (Å²) in [6, 6.07) is 1.61. The lowest BCUT2D eigenvalue weighted by Crippen LogP contribution is -2.10. The van der Waals surface area contributed by atoms with Crippen molar-refractivity contribution >= 4 is 27.6 Å². The van der Waals surface area contributed by atoms with Gasteiger partial charge in [0.15, 0.2) is 5.69 Å². The second-order valence-electron chi connectivity index (χ2n) is 2.31. The molecule has 1 heterocycles. The number of anilines is 1. The molecule has 13 heavy (non-hydrogen) atoms. The van der Waals surface area contributed by atoms with Crippen LogP contribution in [0.25, 0.3) is 0 Å². The first-order valence-electron chi connectivity index (χ1n) is 3.73. The third-order valence-electron chi connectivity index (χ3n) is 1.35. The first-order valence-corrected chi connectivity index (χ1v) is 4.52. The molecule has 4 nitrogen and oxygen atoms in total. The number of ether oxygens (including phenoxy) is 1. The van der Waals surface area contributed by atoms with Crippen molar-refractivity contribution in [3.05, 3.63) is 22.4 Å². The number of aromatic nitrogens is 1. The van der Waals surface area contributed by atoms with Crippen molar-refractivity contribution < 1.29 is 9.53 Å². The Bertz CT molecular complexity index is 328. The molecule has 0 fully saturated rings. The van der Waals surface area contributed by atoms with Gasteiger partial charge in [-0.1, -0.05) is 0 Å². The lowest BCUT2D eigenvalue weighted by molar-refractivity contribution is 0.0521. The van der Waals surface area contributed by atoms with E-state index in [4.69, 9.17) is 10.5 Å². The van der Waals surface area contributed by atoms with Gasteiger partial charge in [0.1, 0.15) is 0 Å². The summed E-state index contributed by atoms with van der Waals surface area (Å²) in [5.41, 5.74) is 6.03. The molecule has 0 radical (unpaired) electrons. The van der Waals surface area contributed by atoms with Crippen molar-refractivity contribution in [1.29, 1.82) is 0 Å². The van der Waals surface area contributed by atoms with Gasteiger partial charge in [-0.3, -0.25) is 0 Å². The average molecular weight is 245 g/mol. The third-order valence-corrected chi connectivity index (χ3v) is 1.79. The van der Waals surface area contributed by atoms with Gasteiger partial charge in [-0.15, -0.1) is 0 Å². The van der Waals surface area contributed by atoms with Gasteiger partial charge in [-0.2, -0.15) is 0 Å². The molecule has 70 valence electrons. The molecule has 0 aliphatic heterocycles. The SMILES string of the molecule is CCOC(=O)c1ncc(Br)cc1N. The summed E-state index contributed by atoms with van der Waals surface area (Å²) in [5, 5.41) is 0. The van der Waals surface area contributed by atoms with Crippen molar-refractivity contribution in [2.24, 2.45) is 0 Å². The van der Waals surface area contributed by atoms with Crippen LogP contribution < -0.4 is 5.73 Å². The molecule has 0 saturated heterocycles. The number of nitrogen functional groups attached to an aromatic ring is 1. The first kappa shape index (κ1) is 9.98. The highest BCUT2D eigenvalue weighted by molar-refractivity contribution is 9.10. The Morgan fingerprint density at radius 1 is 1.77 bits per heavy atom. The number of halogens is 1. The zero-order valence-corrected chi connectivity index (χ0v) is 8.67. The number of esters is 1. The molecule has 5 heteroatoms. The van der Waals surface area contributed by atoms with Gasteiger partial charge in [-0.25, -0.2) is 9.78 Å². The number of nitrogens with two attached hydrogens (primary N) is 1. The van der Waals surface area contributed by atoms with Crippen LogP contribution in [-0.2, 0) is 4.74 Å². The van der Waals surface area contributed by atoms with Crippen LogP contribution in [-0.4, -0.2) is 17.6 Å². The van der Waals surface area contributed by atoms with Crippen LogP contribution in [0.1, 0.15) is 17.4 Å². The van der Waals surface area contributed by atoms with Gasteiger partial charge in [-0.05, 0) is 28.9 Å². The Labute approximate surface area is 84.2 Å². The molecule has 1 aromatic heterocycles. The Kier molecular flexibility index (Phi) is 3.25. The molecule has 0 saturated carbocycles. The highest BCUT2D eigenvalue weighted by Crippen LogP contribution is 2.16. The fraction of sp³-hybridized carbons (Fsp3) is 0.250. The van der Waals surface area contributed by atoms with E-state index < -0.39 is 5.97 Å². The molecule has 0 aliphatic rings. The number of carbonyl (C=O) groups is 1. The first-order chi connectivity index (χ1) is 6.15. The van der Waals surface area contributed by atoms with Gasteiger partial charge >= 0.3 is 5.97 Å². The van der Waals surface area contributed by atoms with Gasteiger partial charge in [0.2, 0.25) is 0 Å². The second-order valence-corrected chi connectivity index (χ2v) is 3.23. The van der Waals surface area contributed by atoms with Gasteiger partial charge in [0.25, 0.3) is 0 Å². The summed E-state index contributed by atoms with van der Waals surface area (Å²) >= 11 is 3.19. The molecular formula is C8H9BrN2O2. The predicted molar refractivity (Wildman–Crippen MR) is 52.3 cm³/mol. The van der Waals surface area contributed by atoms with Crippen LogP contribution in [0.15, 0.2) is 16.7 Å². The zero-order chi connectivity index (χ0) is 9.84. The van der Waals surface area contributed by atoms with E-state index >= 15 is 0 Å². The monoisotopic (exact) mass is 244 g/mol. The summed E-state index contributed by atoms with van der Waals surface area (Å²) in [5.74, 6) is -0.493. The topological polar surface area (TPSA) is 65.2 Å². The van der Waals surface area contributed by atoms with Gasteiger partial charge in [0, 0.05) is 10.7 Å². The van der Waals surface area contributed by atoms with E-state index in [1.54, 1.807) is 13.0 Å². The lowest BCUT2D eigenvalue weighted by Gasteiger charge is -2.03. The van der Waals surface area contributed by atoms with Crippen LogP contribution in [0.3, 0.4) is 0 Å². The highest BCUT2D eigenvalue weighted by Gasteiger charge is 2.11. The quantitative estimate of drug-likeness (QED) is 0.803. The number of hydrogen-bond donors (Lipinski definition) is 1. The number of carbonyl (C=O) groups excluding carboxylic acids is 1. The van der Waals surface area contributed by atoms with Crippen molar-refractivity contribution in [3.63, 3.8) is 0 Å². The number of rotatable bonds is 2. The molecule has 0 amide bonds. The van der Waals surface area contributed by atoms with Crippen LogP contribution in [0.4, 0.5) is 5.69 Å². The van der Waals surface area contributed by atoms with E-state index in [0.29, 0.717) is 12.3 Å². The van der Waals surface area contributed by atoms with Crippen LogP contribution in [0.2, 0.25) is 0 Å². The van der Waals surface area contributed by atoms with Crippen molar-refractivity contribution in [2.45, 2.75) is 6.92 Å². The van der Waals surface area contributed by atoms with E-state index in [9.17, 15) is 4.79 Å². The average Bonchev–Trinajstić information content (AvgIpc) is 2.04. The fourth-order valence-electron chi connectivity index (χ4n) is 0.825. The summed E-state index contributed by atoms with van der Waals surface area (Å²) in [4.78, 5) is 15.0. The summed E-state index contributed by atoms with van der Waals surface area (Å²) < 4.78 is 5.49. The molecule has 0 unspecified atom stereocenters. The van der Waals surface area contributed by atoms with Crippen LogP contribution in [0, 0.1) is 0 Å². The maximum atomic E-state index is 11.2. The van der Waals surface area contributed by atoms with Gasteiger partial charge < -0.3 is 10.5 Å². The normalized spacial score (nSPS) is 9.69. The van der Waals surface area contributed by atoms with Crippen molar-refractivity contribution in [3.8, 4) is 0 Å². The van der Waals surface area contributed by atoms with Crippen molar-refractivity contribution in [1.82, 2.24) is 4.98 Å². The third kappa shape index (κ3) is 2.42. The minimum Gasteiger partial charge on any atom is -0.461 e. The second kappa shape index (κ2) is 4.23. The summed E-state index contributed by atoms with van der Waals surface area (Å²) in [6.45, 7) is 2.04. The number of hydrogen-bond acceptors (Lipinski definition) is 4. The maximum absolute atomic E-state index is 11.2. The van der Waals surface area contributed by atoms with E-state index in [-0.39, 0.29) is 5.69 Å². The smallest absolute Gasteiger partial charge is 0.359 e. The van der Waals surface area contributed by atoms with Crippen molar-refractivity contribution in [2.75, 3.05) is 12.3 Å². The summed E-state index contributed by atoms with van der Waals surface area (Å²) in [6.07, 6.45) is 1.50. The Morgan fingerprint density at radius 2 is 2.46 bits per heavy atom. The zero-order valence-electron chi connectivity index (χ0n) is 7.08. The maximum Gasteiger partial charge on any atom is 0.359 e. The van der Waals surface area contributed by atoms with Gasteiger partial charge in [0.05, 0.1) is 12.3 Å². The molecule has 1 rings (SSSR count).